The summed E-state index contributed by atoms with van der Waals surface area (Å²) in [5.74, 6) is 0.793. The Kier molecular flexibility index (Phi) is 4.26. The second kappa shape index (κ2) is 5.54. The molecule has 0 aliphatic heterocycles. The summed E-state index contributed by atoms with van der Waals surface area (Å²) in [5.41, 5.74) is 0. The minimum atomic E-state index is 0.734. The first-order chi connectivity index (χ1) is 6.29. The van der Waals surface area contributed by atoms with Crippen LogP contribution in [0.3, 0.4) is 0 Å². The van der Waals surface area contributed by atoms with E-state index in [0.29, 0.717) is 0 Å². The highest BCUT2D eigenvalue weighted by Crippen LogP contribution is 2.05. The normalized spacial score (nSPS) is 10.4. The van der Waals surface area contributed by atoms with Crippen molar-refractivity contribution in [2.45, 2.75) is 6.42 Å². The summed E-state index contributed by atoms with van der Waals surface area (Å²) in [6.45, 7) is 1.78. The third-order valence-corrected chi connectivity index (χ3v) is 1.59. The van der Waals surface area contributed by atoms with Gasteiger partial charge in [-0.25, -0.2) is 0 Å². The van der Waals surface area contributed by atoms with E-state index in [1.54, 1.807) is 18.5 Å². The molecular formula is C10H15N2O. The molecule has 0 spiro atoms. The molecule has 0 unspecified atom stereocenters. The molecule has 0 aliphatic carbocycles. The summed E-state index contributed by atoms with van der Waals surface area (Å²) >= 11 is 0. The van der Waals surface area contributed by atoms with Crippen molar-refractivity contribution in [3.8, 4) is 5.75 Å². The summed E-state index contributed by atoms with van der Waals surface area (Å²) in [7, 11) is 4.11. The van der Waals surface area contributed by atoms with Crippen LogP contribution in [0.1, 0.15) is 6.42 Å². The zero-order chi connectivity index (χ0) is 9.52. The highest BCUT2D eigenvalue weighted by atomic mass is 16.5. The molecule has 0 aliphatic rings. The van der Waals surface area contributed by atoms with Crippen LogP contribution in [-0.2, 0) is 0 Å². The van der Waals surface area contributed by atoms with Crippen LogP contribution in [0.25, 0.3) is 0 Å². The molecule has 13 heavy (non-hydrogen) atoms. The van der Waals surface area contributed by atoms with Crippen LogP contribution in [0.2, 0.25) is 0 Å². The summed E-state index contributed by atoms with van der Waals surface area (Å²) in [6, 6.07) is 4.66. The summed E-state index contributed by atoms with van der Waals surface area (Å²) < 4.78 is 5.44. The van der Waals surface area contributed by atoms with Crippen LogP contribution in [0.4, 0.5) is 0 Å². The number of ether oxygens (including phenoxy) is 1. The number of hydrogen-bond donors (Lipinski definition) is 0. The summed E-state index contributed by atoms with van der Waals surface area (Å²) in [4.78, 5) is 6.05. The third-order valence-electron chi connectivity index (χ3n) is 1.59. The molecule has 1 radical (unpaired) electrons. The van der Waals surface area contributed by atoms with Crippen LogP contribution in [-0.4, -0.2) is 37.1 Å². The van der Waals surface area contributed by atoms with Gasteiger partial charge in [-0.3, -0.25) is 4.98 Å². The molecule has 3 heteroatoms. The molecule has 0 amide bonds. The van der Waals surface area contributed by atoms with Gasteiger partial charge in [-0.15, -0.1) is 0 Å². The van der Waals surface area contributed by atoms with E-state index in [-0.39, 0.29) is 0 Å². The average Bonchev–Trinajstić information content (AvgIpc) is 2.14. The van der Waals surface area contributed by atoms with E-state index < -0.39 is 0 Å². The molecule has 0 fully saturated rings. The third kappa shape index (κ3) is 4.48. The monoisotopic (exact) mass is 179 g/mol. The molecule has 0 atom stereocenters. The molecule has 0 bridgehead atoms. The maximum absolute atomic E-state index is 5.44. The number of rotatable bonds is 5. The number of hydrogen-bond acceptors (Lipinski definition) is 3. The van der Waals surface area contributed by atoms with Gasteiger partial charge in [0.05, 0.1) is 12.8 Å². The molecule has 1 heterocycles. The van der Waals surface area contributed by atoms with Gasteiger partial charge >= 0.3 is 0 Å². The highest BCUT2D eigenvalue weighted by molar-refractivity contribution is 5.14. The fraction of sp³-hybridized carbons (Fsp3) is 0.500. The minimum Gasteiger partial charge on any atom is -0.492 e. The molecule has 0 N–H and O–H groups in total. The Labute approximate surface area is 79.3 Å². The Morgan fingerprint density at radius 1 is 1.54 bits per heavy atom. The van der Waals surface area contributed by atoms with Crippen LogP contribution in [0.5, 0.6) is 5.75 Å². The van der Waals surface area contributed by atoms with E-state index in [9.17, 15) is 0 Å². The molecule has 1 rings (SSSR count). The van der Waals surface area contributed by atoms with Gasteiger partial charge in [-0.2, -0.15) is 0 Å². The zero-order valence-corrected chi connectivity index (χ0v) is 8.16. The van der Waals surface area contributed by atoms with Crippen molar-refractivity contribution < 1.29 is 4.74 Å². The van der Waals surface area contributed by atoms with Gasteiger partial charge in [-0.05, 0) is 26.6 Å². The van der Waals surface area contributed by atoms with Crippen molar-refractivity contribution in [2.75, 3.05) is 27.2 Å². The number of pyridine rings is 1. The van der Waals surface area contributed by atoms with E-state index in [1.807, 2.05) is 0 Å². The second-order valence-electron chi connectivity index (χ2n) is 3.13. The maximum atomic E-state index is 5.44. The van der Waals surface area contributed by atoms with Crippen LogP contribution in [0.15, 0.2) is 18.5 Å². The lowest BCUT2D eigenvalue weighted by molar-refractivity contribution is 0.281. The minimum absolute atomic E-state index is 0.734. The SMILES string of the molecule is CN(C)CCCOc1c[c]cnc1. The second-order valence-corrected chi connectivity index (χ2v) is 3.13. The quantitative estimate of drug-likeness (QED) is 0.635. The molecular weight excluding hydrogens is 164 g/mol. The van der Waals surface area contributed by atoms with E-state index in [1.165, 1.54) is 0 Å². The van der Waals surface area contributed by atoms with E-state index in [2.05, 4.69) is 30.0 Å². The first-order valence-electron chi connectivity index (χ1n) is 4.37. The Hall–Kier alpha value is -1.09. The largest absolute Gasteiger partial charge is 0.492 e. The van der Waals surface area contributed by atoms with Crippen molar-refractivity contribution >= 4 is 0 Å². The number of nitrogens with zero attached hydrogens (tertiary/aromatic N) is 2. The van der Waals surface area contributed by atoms with Gasteiger partial charge in [0.15, 0.2) is 0 Å². The number of aromatic nitrogens is 1. The van der Waals surface area contributed by atoms with Crippen LogP contribution in [0, 0.1) is 6.07 Å². The standard InChI is InChI=1S/C10H15N2O/c1-12(2)7-4-8-13-10-5-3-6-11-9-10/h5-6,9H,4,7-8H2,1-2H3. The van der Waals surface area contributed by atoms with Crippen molar-refractivity contribution in [2.24, 2.45) is 0 Å². The smallest absolute Gasteiger partial charge is 0.138 e. The Balaban J connectivity index is 2.13. The Bertz CT molecular complexity index is 224. The first-order valence-corrected chi connectivity index (χ1v) is 4.37. The van der Waals surface area contributed by atoms with E-state index in [4.69, 9.17) is 4.74 Å². The predicted octanol–water partition coefficient (Wildman–Crippen LogP) is 1.21. The van der Waals surface area contributed by atoms with Crippen molar-refractivity contribution in [1.29, 1.82) is 0 Å². The lowest BCUT2D eigenvalue weighted by Gasteiger charge is -2.09. The van der Waals surface area contributed by atoms with E-state index >= 15 is 0 Å². The molecule has 0 saturated carbocycles. The van der Waals surface area contributed by atoms with Crippen LogP contribution < -0.4 is 4.74 Å². The lowest BCUT2D eigenvalue weighted by atomic mass is 10.4. The fourth-order valence-electron chi connectivity index (χ4n) is 0.960. The fourth-order valence-corrected chi connectivity index (χ4v) is 0.960. The lowest BCUT2D eigenvalue weighted by Crippen LogP contribution is -2.15. The molecule has 0 saturated heterocycles. The van der Waals surface area contributed by atoms with Gasteiger partial charge in [0.25, 0.3) is 0 Å². The summed E-state index contributed by atoms with van der Waals surface area (Å²) in [6.07, 6.45) is 4.35. The van der Waals surface area contributed by atoms with Crippen molar-refractivity contribution in [1.82, 2.24) is 9.88 Å². The molecule has 0 aromatic carbocycles. The van der Waals surface area contributed by atoms with Gasteiger partial charge in [0.2, 0.25) is 0 Å². The van der Waals surface area contributed by atoms with Gasteiger partial charge in [-0.1, -0.05) is 0 Å². The van der Waals surface area contributed by atoms with Crippen molar-refractivity contribution in [3.63, 3.8) is 0 Å². The molecule has 71 valence electrons. The highest BCUT2D eigenvalue weighted by Gasteiger charge is 1.93. The summed E-state index contributed by atoms with van der Waals surface area (Å²) in [5, 5.41) is 0. The average molecular weight is 179 g/mol. The zero-order valence-electron chi connectivity index (χ0n) is 8.16. The van der Waals surface area contributed by atoms with Gasteiger partial charge in [0.1, 0.15) is 5.75 Å². The van der Waals surface area contributed by atoms with Gasteiger partial charge < -0.3 is 9.64 Å². The van der Waals surface area contributed by atoms with Crippen LogP contribution >= 0.6 is 0 Å². The first kappa shape index (κ1) is 9.99. The Morgan fingerprint density at radius 3 is 3.00 bits per heavy atom. The van der Waals surface area contributed by atoms with Gasteiger partial charge in [0, 0.05) is 18.8 Å². The Morgan fingerprint density at radius 2 is 2.38 bits per heavy atom. The topological polar surface area (TPSA) is 25.4 Å². The van der Waals surface area contributed by atoms with E-state index in [0.717, 1.165) is 25.3 Å². The molecule has 1 aromatic heterocycles. The molecule has 1 aromatic rings. The maximum Gasteiger partial charge on any atom is 0.138 e. The van der Waals surface area contributed by atoms with Crippen molar-refractivity contribution in [3.05, 3.63) is 24.5 Å². The molecule has 3 nitrogen and oxygen atoms in total. The predicted molar refractivity (Wildman–Crippen MR) is 51.7 cm³/mol.